The number of nitrogens with one attached hydrogen (secondary N) is 2. The van der Waals surface area contributed by atoms with Crippen LogP contribution in [0.4, 0.5) is 4.39 Å². The summed E-state index contributed by atoms with van der Waals surface area (Å²) >= 11 is 0. The van der Waals surface area contributed by atoms with Crippen LogP contribution < -0.4 is 9.80 Å². The lowest BCUT2D eigenvalue weighted by Crippen LogP contribution is -3.29. The molecular weight excluding hydrogens is 263 g/mol. The van der Waals surface area contributed by atoms with Crippen LogP contribution >= 0.6 is 0 Å². The minimum atomic E-state index is -0.0409. The lowest BCUT2D eigenvalue weighted by atomic mass is 9.86. The molecule has 0 unspecified atom stereocenters. The average Bonchev–Trinajstić information content (AvgIpc) is 2.50. The monoisotopic (exact) mass is 292 g/mol. The summed E-state index contributed by atoms with van der Waals surface area (Å²) in [5.74, 6) is 0.876. The van der Waals surface area contributed by atoms with Crippen molar-refractivity contribution in [1.82, 2.24) is 0 Å². The first kappa shape index (κ1) is 15.0. The predicted octanol–water partition coefficient (Wildman–Crippen LogP) is 0.688. The van der Waals surface area contributed by atoms with Crippen LogP contribution in [0.15, 0.2) is 24.3 Å². The third kappa shape index (κ3) is 3.83. The normalized spacial score (nSPS) is 33.8. The second-order valence-electron chi connectivity index (χ2n) is 7.15. The van der Waals surface area contributed by atoms with Crippen molar-refractivity contribution < 1.29 is 14.2 Å². The van der Waals surface area contributed by atoms with E-state index in [4.69, 9.17) is 0 Å². The van der Waals surface area contributed by atoms with E-state index in [1.165, 1.54) is 51.9 Å². The van der Waals surface area contributed by atoms with E-state index in [1.807, 2.05) is 17.0 Å². The van der Waals surface area contributed by atoms with Gasteiger partial charge in [0.2, 0.25) is 0 Å². The number of benzene rings is 1. The molecule has 116 valence electrons. The molecule has 1 aromatic rings. The number of hydrogen-bond acceptors (Lipinski definition) is 0. The summed E-state index contributed by atoms with van der Waals surface area (Å²) in [6.45, 7) is 8.16. The summed E-state index contributed by atoms with van der Waals surface area (Å²) in [4.78, 5) is 3.37. The SMILES string of the molecule is C[C@@H]1CCC[C@H]([NH+]2CC[NH+](Cc3ccccc3F)CC2)C1. The van der Waals surface area contributed by atoms with Gasteiger partial charge in [0.15, 0.2) is 0 Å². The van der Waals surface area contributed by atoms with Crippen molar-refractivity contribution in [2.75, 3.05) is 26.2 Å². The Labute approximate surface area is 127 Å². The number of quaternary nitrogens is 2. The van der Waals surface area contributed by atoms with Crippen LogP contribution in [-0.2, 0) is 6.54 Å². The van der Waals surface area contributed by atoms with Crippen LogP contribution in [0.3, 0.4) is 0 Å². The Balaban J connectivity index is 1.50. The molecule has 0 aromatic heterocycles. The van der Waals surface area contributed by atoms with Gasteiger partial charge in [-0.2, -0.15) is 0 Å². The predicted molar refractivity (Wildman–Crippen MR) is 82.9 cm³/mol. The van der Waals surface area contributed by atoms with Crippen molar-refractivity contribution in [3.05, 3.63) is 35.6 Å². The Morgan fingerprint density at radius 2 is 1.86 bits per heavy atom. The van der Waals surface area contributed by atoms with Gasteiger partial charge in [-0.05, 0) is 24.8 Å². The molecule has 21 heavy (non-hydrogen) atoms. The highest BCUT2D eigenvalue weighted by Crippen LogP contribution is 2.21. The maximum absolute atomic E-state index is 13.7. The zero-order valence-electron chi connectivity index (χ0n) is 13.2. The van der Waals surface area contributed by atoms with E-state index in [2.05, 4.69) is 6.92 Å². The van der Waals surface area contributed by atoms with Crippen molar-refractivity contribution >= 4 is 0 Å². The molecular formula is C18H29FN2+2. The fourth-order valence-corrected chi connectivity index (χ4v) is 4.23. The Kier molecular flexibility index (Phi) is 4.91. The van der Waals surface area contributed by atoms with Gasteiger partial charge in [0.05, 0.1) is 6.04 Å². The van der Waals surface area contributed by atoms with Crippen molar-refractivity contribution in [2.24, 2.45) is 5.92 Å². The molecule has 1 heterocycles. The third-order valence-corrected chi connectivity index (χ3v) is 5.51. The summed E-state index contributed by atoms with van der Waals surface area (Å²) in [7, 11) is 0. The van der Waals surface area contributed by atoms with Crippen LogP contribution in [0, 0.1) is 11.7 Å². The molecule has 3 heteroatoms. The Hall–Kier alpha value is -0.930. The second-order valence-corrected chi connectivity index (χ2v) is 7.15. The van der Waals surface area contributed by atoms with E-state index in [0.717, 1.165) is 24.1 Å². The molecule has 1 aliphatic heterocycles. The number of piperazine rings is 1. The van der Waals surface area contributed by atoms with Crippen LogP contribution in [0.1, 0.15) is 38.2 Å². The molecule has 0 radical (unpaired) electrons. The smallest absolute Gasteiger partial charge is 0.132 e. The van der Waals surface area contributed by atoms with Crippen LogP contribution in [-0.4, -0.2) is 32.2 Å². The number of rotatable bonds is 3. The van der Waals surface area contributed by atoms with Gasteiger partial charge in [-0.1, -0.05) is 31.5 Å². The molecule has 0 amide bonds. The first-order valence-corrected chi connectivity index (χ1v) is 8.64. The topological polar surface area (TPSA) is 8.88 Å². The zero-order valence-corrected chi connectivity index (χ0v) is 13.2. The quantitative estimate of drug-likeness (QED) is 0.811. The molecule has 3 rings (SSSR count). The van der Waals surface area contributed by atoms with Crippen molar-refractivity contribution in [1.29, 1.82) is 0 Å². The highest BCUT2D eigenvalue weighted by molar-refractivity contribution is 5.15. The van der Waals surface area contributed by atoms with Gasteiger partial charge in [-0.15, -0.1) is 0 Å². The van der Waals surface area contributed by atoms with Crippen molar-refractivity contribution in [3.8, 4) is 0 Å². The maximum Gasteiger partial charge on any atom is 0.132 e. The Morgan fingerprint density at radius 3 is 2.57 bits per heavy atom. The van der Waals surface area contributed by atoms with Crippen LogP contribution in [0.25, 0.3) is 0 Å². The number of halogens is 1. The molecule has 1 aromatic carbocycles. The molecule has 1 aliphatic carbocycles. The van der Waals surface area contributed by atoms with Gasteiger partial charge in [0.25, 0.3) is 0 Å². The maximum atomic E-state index is 13.7. The average molecular weight is 292 g/mol. The highest BCUT2D eigenvalue weighted by Gasteiger charge is 2.32. The van der Waals surface area contributed by atoms with Crippen LogP contribution in [0.2, 0.25) is 0 Å². The minimum absolute atomic E-state index is 0.0409. The molecule has 2 fully saturated rings. The summed E-state index contributed by atoms with van der Waals surface area (Å²) in [6.07, 6.45) is 5.68. The fraction of sp³-hybridized carbons (Fsp3) is 0.667. The summed E-state index contributed by atoms with van der Waals surface area (Å²) < 4.78 is 13.7. The number of hydrogen-bond donors (Lipinski definition) is 2. The fourth-order valence-electron chi connectivity index (χ4n) is 4.23. The molecule has 2 nitrogen and oxygen atoms in total. The Bertz CT molecular complexity index is 454. The van der Waals surface area contributed by atoms with E-state index < -0.39 is 0 Å². The highest BCUT2D eigenvalue weighted by atomic mass is 19.1. The zero-order chi connectivity index (χ0) is 14.7. The minimum Gasteiger partial charge on any atom is -0.323 e. The van der Waals surface area contributed by atoms with Crippen LogP contribution in [0.5, 0.6) is 0 Å². The molecule has 2 aliphatic rings. The first-order chi connectivity index (χ1) is 10.2. The molecule has 0 bridgehead atoms. The standard InChI is InChI=1S/C18H27FN2/c1-15-5-4-7-17(13-15)21-11-9-20(10-12-21)14-16-6-2-3-8-18(16)19/h2-3,6,8,15,17H,4-5,7,9-14H2,1H3/p+2/t15-,17+/m1/s1. The van der Waals surface area contributed by atoms with E-state index >= 15 is 0 Å². The lowest BCUT2D eigenvalue weighted by molar-refractivity contribution is -1.03. The largest absolute Gasteiger partial charge is 0.323 e. The summed E-state index contributed by atoms with van der Waals surface area (Å²) in [5.41, 5.74) is 0.877. The Morgan fingerprint density at radius 1 is 1.10 bits per heavy atom. The van der Waals surface area contributed by atoms with Gasteiger partial charge in [-0.25, -0.2) is 4.39 Å². The van der Waals surface area contributed by atoms with Crippen molar-refractivity contribution in [2.45, 2.75) is 45.2 Å². The van der Waals surface area contributed by atoms with Gasteiger partial charge >= 0.3 is 0 Å². The van der Waals surface area contributed by atoms with Crippen molar-refractivity contribution in [3.63, 3.8) is 0 Å². The van der Waals surface area contributed by atoms with E-state index in [9.17, 15) is 4.39 Å². The van der Waals surface area contributed by atoms with Gasteiger partial charge < -0.3 is 9.80 Å². The molecule has 1 saturated carbocycles. The van der Waals surface area contributed by atoms with E-state index in [1.54, 1.807) is 17.0 Å². The molecule has 0 spiro atoms. The van der Waals surface area contributed by atoms with Gasteiger partial charge in [-0.3, -0.25) is 0 Å². The summed E-state index contributed by atoms with van der Waals surface area (Å²) in [5, 5.41) is 0. The molecule has 2 N–H and O–H groups in total. The summed E-state index contributed by atoms with van der Waals surface area (Å²) in [6, 6.07) is 8.14. The molecule has 2 atom stereocenters. The third-order valence-electron chi connectivity index (χ3n) is 5.51. The molecule has 1 saturated heterocycles. The van der Waals surface area contributed by atoms with Gasteiger partial charge in [0, 0.05) is 12.0 Å². The van der Waals surface area contributed by atoms with Gasteiger partial charge in [0.1, 0.15) is 38.5 Å². The first-order valence-electron chi connectivity index (χ1n) is 8.64. The second kappa shape index (κ2) is 6.89. The lowest BCUT2D eigenvalue weighted by Gasteiger charge is -2.37. The van der Waals surface area contributed by atoms with E-state index in [-0.39, 0.29) is 5.82 Å². The van der Waals surface area contributed by atoms with E-state index in [0.29, 0.717) is 0 Å².